The Balaban J connectivity index is 1.78. The van der Waals surface area contributed by atoms with Gasteiger partial charge in [-0.1, -0.05) is 30.3 Å². The maximum Gasteiger partial charge on any atom is 0.409 e. The topological polar surface area (TPSA) is 79.0 Å². The molecule has 0 atom stereocenters. The molecule has 0 unspecified atom stereocenters. The highest BCUT2D eigenvalue weighted by Crippen LogP contribution is 2.21. The van der Waals surface area contributed by atoms with Crippen LogP contribution in [0, 0.1) is 5.41 Å². The van der Waals surface area contributed by atoms with Crippen molar-refractivity contribution in [1.29, 1.82) is 0 Å². The summed E-state index contributed by atoms with van der Waals surface area (Å²) in [6.45, 7) is 7.57. The van der Waals surface area contributed by atoms with Crippen LogP contribution in [0.2, 0.25) is 0 Å². The molecule has 2 rings (SSSR count). The van der Waals surface area contributed by atoms with Crippen LogP contribution < -0.4 is 5.32 Å². The lowest BCUT2D eigenvalue weighted by Gasteiger charge is -2.37. The standard InChI is InChI=1S/C21H31N3O4/c1-4-28-20(27)24-15-13-23(14-16-24)19(26)21(2,3)18(25)22-12-8-11-17-9-6-5-7-10-17/h5-7,9-10H,4,8,11-16H2,1-3H3,(H,22,25). The van der Waals surface area contributed by atoms with E-state index in [9.17, 15) is 14.4 Å². The fourth-order valence-electron chi connectivity index (χ4n) is 3.16. The Bertz CT molecular complexity index is 667. The van der Waals surface area contributed by atoms with Crippen molar-refractivity contribution in [3.8, 4) is 0 Å². The molecule has 1 N–H and O–H groups in total. The summed E-state index contributed by atoms with van der Waals surface area (Å²) in [5.41, 5.74) is 0.0883. The van der Waals surface area contributed by atoms with Crippen LogP contribution in [0.1, 0.15) is 32.8 Å². The Labute approximate surface area is 167 Å². The summed E-state index contributed by atoms with van der Waals surface area (Å²) < 4.78 is 4.99. The van der Waals surface area contributed by atoms with Crippen LogP contribution in [0.3, 0.4) is 0 Å². The Morgan fingerprint density at radius 1 is 1.04 bits per heavy atom. The van der Waals surface area contributed by atoms with E-state index < -0.39 is 5.41 Å². The first-order chi connectivity index (χ1) is 13.4. The smallest absolute Gasteiger partial charge is 0.409 e. The molecule has 1 heterocycles. The molecule has 154 valence electrons. The largest absolute Gasteiger partial charge is 0.450 e. The van der Waals surface area contributed by atoms with E-state index in [0.29, 0.717) is 39.3 Å². The zero-order valence-electron chi connectivity index (χ0n) is 17.1. The molecule has 1 aromatic rings. The molecule has 1 aliphatic heterocycles. The molecule has 28 heavy (non-hydrogen) atoms. The Morgan fingerprint density at radius 3 is 2.25 bits per heavy atom. The van der Waals surface area contributed by atoms with Gasteiger partial charge in [-0.05, 0) is 39.2 Å². The predicted molar refractivity (Wildman–Crippen MR) is 107 cm³/mol. The minimum Gasteiger partial charge on any atom is -0.450 e. The van der Waals surface area contributed by atoms with E-state index in [4.69, 9.17) is 4.74 Å². The van der Waals surface area contributed by atoms with Gasteiger partial charge in [0.15, 0.2) is 0 Å². The van der Waals surface area contributed by atoms with Gasteiger partial charge in [0.25, 0.3) is 0 Å². The number of nitrogens with zero attached hydrogens (tertiary/aromatic N) is 2. The van der Waals surface area contributed by atoms with Crippen molar-refractivity contribution in [3.63, 3.8) is 0 Å². The summed E-state index contributed by atoms with van der Waals surface area (Å²) in [5.74, 6) is -0.477. The Kier molecular flexibility index (Phi) is 7.84. The van der Waals surface area contributed by atoms with Crippen LogP contribution in [0.5, 0.6) is 0 Å². The average Bonchev–Trinajstić information content (AvgIpc) is 2.71. The zero-order valence-corrected chi connectivity index (χ0v) is 17.1. The number of benzene rings is 1. The highest BCUT2D eigenvalue weighted by Gasteiger charge is 2.40. The van der Waals surface area contributed by atoms with Crippen LogP contribution in [-0.4, -0.2) is 67.0 Å². The van der Waals surface area contributed by atoms with E-state index in [1.807, 2.05) is 18.2 Å². The third kappa shape index (κ3) is 5.71. The molecular weight excluding hydrogens is 358 g/mol. The van der Waals surface area contributed by atoms with E-state index in [1.54, 1.807) is 30.6 Å². The number of aryl methyl sites for hydroxylation is 1. The molecule has 1 saturated heterocycles. The van der Waals surface area contributed by atoms with Gasteiger partial charge in [0.2, 0.25) is 11.8 Å². The van der Waals surface area contributed by atoms with Crippen LogP contribution in [-0.2, 0) is 20.7 Å². The number of carbonyl (C=O) groups excluding carboxylic acids is 3. The highest BCUT2D eigenvalue weighted by molar-refractivity contribution is 6.04. The number of carbonyl (C=O) groups is 3. The summed E-state index contributed by atoms with van der Waals surface area (Å²) in [7, 11) is 0. The molecule has 1 aliphatic rings. The summed E-state index contributed by atoms with van der Waals surface area (Å²) in [6.07, 6.45) is 1.34. The number of hydrogen-bond acceptors (Lipinski definition) is 4. The van der Waals surface area contributed by atoms with Crippen molar-refractivity contribution in [3.05, 3.63) is 35.9 Å². The Hall–Kier alpha value is -2.57. The first-order valence-electron chi connectivity index (χ1n) is 9.89. The van der Waals surface area contributed by atoms with Crippen LogP contribution in [0.25, 0.3) is 0 Å². The van der Waals surface area contributed by atoms with Gasteiger partial charge >= 0.3 is 6.09 Å². The van der Waals surface area contributed by atoms with Gasteiger partial charge in [0.1, 0.15) is 5.41 Å². The second-order valence-corrected chi connectivity index (χ2v) is 7.45. The maximum atomic E-state index is 12.8. The summed E-state index contributed by atoms with van der Waals surface area (Å²) >= 11 is 0. The van der Waals surface area contributed by atoms with E-state index >= 15 is 0 Å². The maximum absolute atomic E-state index is 12.8. The number of ether oxygens (including phenoxy) is 1. The van der Waals surface area contributed by atoms with Gasteiger partial charge in [-0.15, -0.1) is 0 Å². The molecule has 0 bridgehead atoms. The lowest BCUT2D eigenvalue weighted by Crippen LogP contribution is -2.56. The normalized spacial score (nSPS) is 14.5. The molecule has 3 amide bonds. The fourth-order valence-corrected chi connectivity index (χ4v) is 3.16. The third-order valence-corrected chi connectivity index (χ3v) is 4.97. The van der Waals surface area contributed by atoms with Crippen LogP contribution in [0.4, 0.5) is 4.79 Å². The quantitative estimate of drug-likeness (QED) is 0.572. The number of hydrogen-bond donors (Lipinski definition) is 1. The van der Waals surface area contributed by atoms with Gasteiger partial charge in [0.05, 0.1) is 6.61 Å². The van der Waals surface area contributed by atoms with E-state index in [2.05, 4.69) is 17.4 Å². The van der Waals surface area contributed by atoms with Gasteiger partial charge in [-0.25, -0.2) is 4.79 Å². The molecular formula is C21H31N3O4. The minimum atomic E-state index is -1.14. The van der Waals surface area contributed by atoms with Crippen molar-refractivity contribution in [2.45, 2.75) is 33.6 Å². The number of nitrogens with one attached hydrogen (secondary N) is 1. The van der Waals surface area contributed by atoms with Crippen molar-refractivity contribution in [2.75, 3.05) is 39.3 Å². The van der Waals surface area contributed by atoms with Crippen LogP contribution in [0.15, 0.2) is 30.3 Å². The lowest BCUT2D eigenvalue weighted by molar-refractivity contribution is -0.149. The van der Waals surface area contributed by atoms with Crippen molar-refractivity contribution in [2.24, 2.45) is 5.41 Å². The number of amides is 3. The van der Waals surface area contributed by atoms with Gasteiger partial charge in [-0.3, -0.25) is 9.59 Å². The summed E-state index contributed by atoms with van der Waals surface area (Å²) in [6, 6.07) is 10.1. The first-order valence-corrected chi connectivity index (χ1v) is 9.89. The van der Waals surface area contributed by atoms with E-state index in [0.717, 1.165) is 12.8 Å². The molecule has 0 spiro atoms. The third-order valence-electron chi connectivity index (χ3n) is 4.97. The van der Waals surface area contributed by atoms with Gasteiger partial charge < -0.3 is 19.9 Å². The van der Waals surface area contributed by atoms with Gasteiger partial charge in [0, 0.05) is 32.7 Å². The summed E-state index contributed by atoms with van der Waals surface area (Å²) in [5, 5.41) is 2.89. The summed E-state index contributed by atoms with van der Waals surface area (Å²) in [4.78, 5) is 40.4. The SMILES string of the molecule is CCOC(=O)N1CCN(C(=O)C(C)(C)C(=O)NCCCc2ccccc2)CC1. The molecule has 0 aromatic heterocycles. The molecule has 0 radical (unpaired) electrons. The van der Waals surface area contributed by atoms with Crippen molar-refractivity contribution >= 4 is 17.9 Å². The van der Waals surface area contributed by atoms with Crippen molar-refractivity contribution < 1.29 is 19.1 Å². The number of piperazine rings is 1. The Morgan fingerprint density at radius 2 is 1.64 bits per heavy atom. The lowest BCUT2D eigenvalue weighted by atomic mass is 9.90. The van der Waals surface area contributed by atoms with Crippen LogP contribution >= 0.6 is 0 Å². The molecule has 0 aliphatic carbocycles. The second-order valence-electron chi connectivity index (χ2n) is 7.45. The monoisotopic (exact) mass is 389 g/mol. The zero-order chi connectivity index (χ0) is 20.6. The molecule has 1 fully saturated rings. The highest BCUT2D eigenvalue weighted by atomic mass is 16.6. The average molecular weight is 389 g/mol. The van der Waals surface area contributed by atoms with E-state index in [1.165, 1.54) is 5.56 Å². The predicted octanol–water partition coefficient (Wildman–Crippen LogP) is 2.06. The van der Waals surface area contributed by atoms with Gasteiger partial charge in [-0.2, -0.15) is 0 Å². The molecule has 0 saturated carbocycles. The second kappa shape index (κ2) is 10.1. The van der Waals surface area contributed by atoms with E-state index in [-0.39, 0.29) is 17.9 Å². The fraction of sp³-hybridized carbons (Fsp3) is 0.571. The molecule has 7 heteroatoms. The van der Waals surface area contributed by atoms with Crippen molar-refractivity contribution in [1.82, 2.24) is 15.1 Å². The molecule has 7 nitrogen and oxygen atoms in total. The molecule has 1 aromatic carbocycles. The minimum absolute atomic E-state index is 0.212. The first kappa shape index (κ1) is 21.7. The number of rotatable bonds is 7.